The first kappa shape index (κ1) is 23.4. The highest BCUT2D eigenvalue weighted by Gasteiger charge is 2.45. The minimum Gasteiger partial charge on any atom is -0.493 e. The number of unbranched alkanes of at least 4 members (excludes halogenated alkanes) is 7. The monoisotopic (exact) mass is 492 g/mol. The van der Waals surface area contributed by atoms with Crippen LogP contribution in [-0.2, 0) is 9.59 Å². The lowest BCUT2D eigenvalue weighted by Gasteiger charge is -2.27. The van der Waals surface area contributed by atoms with E-state index in [4.69, 9.17) is 4.74 Å². The number of alkyl halides is 1. The smallest absolute Gasteiger partial charge is 0.266 e. The Bertz CT molecular complexity index is 841. The number of fused-ring (bicyclic) bond motifs is 1. The van der Waals surface area contributed by atoms with Crippen LogP contribution in [-0.4, -0.2) is 46.5 Å². The van der Waals surface area contributed by atoms with Crippen molar-refractivity contribution in [3.8, 4) is 5.75 Å². The lowest BCUT2D eigenvalue weighted by Crippen LogP contribution is -2.54. The molecule has 8 heteroatoms. The van der Waals surface area contributed by atoms with E-state index in [0.29, 0.717) is 12.4 Å². The van der Waals surface area contributed by atoms with Crippen LogP contribution in [0.25, 0.3) is 0 Å². The van der Waals surface area contributed by atoms with Gasteiger partial charge in [-0.05, 0) is 31.4 Å². The highest BCUT2D eigenvalue weighted by atomic mass is 79.9. The Morgan fingerprint density at radius 1 is 0.935 bits per heavy atom. The van der Waals surface area contributed by atoms with Crippen LogP contribution in [0, 0.1) is 0 Å². The van der Waals surface area contributed by atoms with E-state index in [0.717, 1.165) is 29.5 Å². The summed E-state index contributed by atoms with van der Waals surface area (Å²) in [4.78, 5) is 50.3. The second kappa shape index (κ2) is 11.4. The molecular formula is C23H29BrN2O5. The number of benzene rings is 1. The van der Waals surface area contributed by atoms with Crippen LogP contribution in [0.4, 0.5) is 0 Å². The van der Waals surface area contributed by atoms with E-state index in [1.165, 1.54) is 32.1 Å². The first-order chi connectivity index (χ1) is 15.0. The zero-order valence-corrected chi connectivity index (χ0v) is 19.2. The van der Waals surface area contributed by atoms with Crippen molar-refractivity contribution < 1.29 is 23.9 Å². The molecule has 31 heavy (non-hydrogen) atoms. The summed E-state index contributed by atoms with van der Waals surface area (Å²) in [5.41, 5.74) is 0.458. The lowest BCUT2D eigenvalue weighted by atomic mass is 10.0. The molecule has 0 bridgehead atoms. The van der Waals surface area contributed by atoms with Crippen LogP contribution in [0.3, 0.4) is 0 Å². The second-order valence-corrected chi connectivity index (χ2v) is 8.78. The van der Waals surface area contributed by atoms with Crippen LogP contribution in [0.2, 0.25) is 0 Å². The average Bonchev–Trinajstić information content (AvgIpc) is 3.01. The molecule has 2 aliphatic heterocycles. The second-order valence-electron chi connectivity index (χ2n) is 7.99. The molecule has 1 atom stereocenters. The fraction of sp³-hybridized carbons (Fsp3) is 0.565. The Kier molecular flexibility index (Phi) is 8.63. The first-order valence-corrected chi connectivity index (χ1v) is 12.2. The number of carbonyl (C=O) groups is 4. The van der Waals surface area contributed by atoms with Crippen molar-refractivity contribution in [3.63, 3.8) is 0 Å². The van der Waals surface area contributed by atoms with E-state index in [1.807, 2.05) is 0 Å². The number of halogens is 1. The molecular weight excluding hydrogens is 464 g/mol. The van der Waals surface area contributed by atoms with Crippen molar-refractivity contribution in [1.82, 2.24) is 10.2 Å². The van der Waals surface area contributed by atoms with E-state index < -0.39 is 23.8 Å². The highest BCUT2D eigenvalue weighted by Crippen LogP contribution is 2.33. The van der Waals surface area contributed by atoms with Gasteiger partial charge >= 0.3 is 0 Å². The maximum atomic E-state index is 13.0. The minimum absolute atomic E-state index is 0.101. The summed E-state index contributed by atoms with van der Waals surface area (Å²) < 4.78 is 5.85. The summed E-state index contributed by atoms with van der Waals surface area (Å²) in [6, 6.07) is 3.97. The van der Waals surface area contributed by atoms with Gasteiger partial charge < -0.3 is 4.74 Å². The van der Waals surface area contributed by atoms with E-state index >= 15 is 0 Å². The summed E-state index contributed by atoms with van der Waals surface area (Å²) in [7, 11) is 0. The molecule has 1 saturated heterocycles. The molecule has 168 valence electrons. The molecule has 1 fully saturated rings. The summed E-state index contributed by atoms with van der Waals surface area (Å²) in [5, 5.41) is 3.28. The number of hydrogen-bond donors (Lipinski definition) is 1. The molecule has 1 N–H and O–H groups in total. The molecule has 0 aliphatic carbocycles. The number of hydrogen-bond acceptors (Lipinski definition) is 5. The van der Waals surface area contributed by atoms with Gasteiger partial charge in [0.2, 0.25) is 11.8 Å². The van der Waals surface area contributed by atoms with Gasteiger partial charge in [0.25, 0.3) is 11.8 Å². The molecule has 1 aromatic carbocycles. The summed E-state index contributed by atoms with van der Waals surface area (Å²) in [6.45, 7) is 0.472. The van der Waals surface area contributed by atoms with Crippen LogP contribution in [0.15, 0.2) is 18.2 Å². The van der Waals surface area contributed by atoms with Crippen molar-refractivity contribution in [1.29, 1.82) is 0 Å². The third-order valence-corrected chi connectivity index (χ3v) is 6.28. The molecule has 1 unspecified atom stereocenters. The molecule has 2 aliphatic rings. The van der Waals surface area contributed by atoms with Gasteiger partial charge in [0, 0.05) is 11.8 Å². The minimum atomic E-state index is -0.965. The molecule has 0 saturated carbocycles. The molecule has 1 aromatic rings. The summed E-state index contributed by atoms with van der Waals surface area (Å²) in [6.07, 6.45) is 9.60. The van der Waals surface area contributed by atoms with Crippen LogP contribution >= 0.6 is 15.9 Å². The maximum Gasteiger partial charge on any atom is 0.266 e. The average molecular weight is 493 g/mol. The predicted octanol–water partition coefficient (Wildman–Crippen LogP) is 3.98. The third-order valence-electron chi connectivity index (χ3n) is 5.72. The molecule has 0 radical (unpaired) electrons. The van der Waals surface area contributed by atoms with Gasteiger partial charge in [-0.25, -0.2) is 0 Å². The van der Waals surface area contributed by atoms with Gasteiger partial charge in [-0.2, -0.15) is 0 Å². The normalized spacial score (nSPS) is 18.4. The predicted molar refractivity (Wildman–Crippen MR) is 119 cm³/mol. The summed E-state index contributed by atoms with van der Waals surface area (Å²) in [5.74, 6) is -1.67. The van der Waals surface area contributed by atoms with Crippen molar-refractivity contribution in [2.45, 2.75) is 70.3 Å². The fourth-order valence-electron chi connectivity index (χ4n) is 4.04. The van der Waals surface area contributed by atoms with Crippen molar-refractivity contribution in [2.24, 2.45) is 0 Å². The molecule has 3 rings (SSSR count). The standard InChI is InChI=1S/C23H29BrN2O5/c24-14-7-5-3-1-2-4-6-8-15-31-18-11-9-10-16-20(18)23(30)26(22(16)29)17-12-13-19(27)25-21(17)28/h9-11,17H,1-8,12-15H2,(H,25,27,28). The molecule has 4 amide bonds. The number of amides is 4. The Morgan fingerprint density at radius 2 is 1.61 bits per heavy atom. The Labute approximate surface area is 191 Å². The largest absolute Gasteiger partial charge is 0.493 e. The SMILES string of the molecule is O=C1CCC(N2C(=O)c3cccc(OCCCCCCCCCCBr)c3C2=O)C(=O)N1. The van der Waals surface area contributed by atoms with Gasteiger partial charge in [-0.15, -0.1) is 0 Å². The van der Waals surface area contributed by atoms with Crippen molar-refractivity contribution in [2.75, 3.05) is 11.9 Å². The zero-order valence-electron chi connectivity index (χ0n) is 17.7. The number of carbonyl (C=O) groups excluding carboxylic acids is 4. The van der Waals surface area contributed by atoms with Gasteiger partial charge in [-0.1, -0.05) is 60.5 Å². The van der Waals surface area contributed by atoms with Gasteiger partial charge in [0.05, 0.1) is 17.7 Å². The van der Waals surface area contributed by atoms with Crippen LogP contribution in [0.1, 0.15) is 84.9 Å². The highest BCUT2D eigenvalue weighted by molar-refractivity contribution is 9.09. The van der Waals surface area contributed by atoms with Crippen LogP contribution < -0.4 is 10.1 Å². The Hall–Kier alpha value is -2.22. The molecule has 2 heterocycles. The number of imide groups is 2. The molecule has 7 nitrogen and oxygen atoms in total. The quantitative estimate of drug-likeness (QED) is 0.270. The van der Waals surface area contributed by atoms with E-state index in [2.05, 4.69) is 21.2 Å². The van der Waals surface area contributed by atoms with E-state index in [-0.39, 0.29) is 29.9 Å². The van der Waals surface area contributed by atoms with Crippen LogP contribution in [0.5, 0.6) is 5.75 Å². The van der Waals surface area contributed by atoms with Crippen molar-refractivity contribution >= 4 is 39.6 Å². The van der Waals surface area contributed by atoms with Gasteiger partial charge in [-0.3, -0.25) is 29.4 Å². The third kappa shape index (κ3) is 5.73. The first-order valence-electron chi connectivity index (χ1n) is 11.1. The molecule has 0 spiro atoms. The van der Waals surface area contributed by atoms with Crippen molar-refractivity contribution in [3.05, 3.63) is 29.3 Å². The number of nitrogens with one attached hydrogen (secondary N) is 1. The lowest BCUT2D eigenvalue weighted by molar-refractivity contribution is -0.136. The number of piperidine rings is 1. The fourth-order valence-corrected chi connectivity index (χ4v) is 4.44. The maximum absolute atomic E-state index is 13.0. The van der Waals surface area contributed by atoms with E-state index in [1.54, 1.807) is 18.2 Å². The number of rotatable bonds is 12. The molecule has 0 aromatic heterocycles. The number of nitrogens with zero attached hydrogens (tertiary/aromatic N) is 1. The van der Waals surface area contributed by atoms with E-state index in [9.17, 15) is 19.2 Å². The summed E-state index contributed by atoms with van der Waals surface area (Å²) >= 11 is 3.45. The Morgan fingerprint density at radius 3 is 2.29 bits per heavy atom. The van der Waals surface area contributed by atoms with Gasteiger partial charge in [0.15, 0.2) is 0 Å². The Balaban J connectivity index is 1.51. The van der Waals surface area contributed by atoms with Gasteiger partial charge in [0.1, 0.15) is 11.8 Å². The topological polar surface area (TPSA) is 92.8 Å². The number of ether oxygens (including phenoxy) is 1. The zero-order chi connectivity index (χ0) is 22.2.